The molecule has 0 amide bonds. The van der Waals surface area contributed by atoms with Crippen LogP contribution in [0.15, 0.2) is 54.6 Å². The van der Waals surface area contributed by atoms with Gasteiger partial charge in [-0.05, 0) is 48.7 Å². The second-order valence-electron chi connectivity index (χ2n) is 5.69. The van der Waals surface area contributed by atoms with Crippen molar-refractivity contribution in [3.63, 3.8) is 0 Å². The molecule has 2 rings (SSSR count). The fraction of sp³-hybridized carbons (Fsp3) is 0.368. The van der Waals surface area contributed by atoms with Crippen molar-refractivity contribution in [2.24, 2.45) is 5.92 Å². The van der Waals surface area contributed by atoms with Crippen molar-refractivity contribution in [2.45, 2.75) is 20.3 Å². The predicted molar refractivity (Wildman–Crippen MR) is 89.7 cm³/mol. The summed E-state index contributed by atoms with van der Waals surface area (Å²) >= 11 is 0. The average Bonchev–Trinajstić information content (AvgIpc) is 2.52. The van der Waals surface area contributed by atoms with E-state index >= 15 is 0 Å². The van der Waals surface area contributed by atoms with Crippen LogP contribution in [0.5, 0.6) is 5.75 Å². The number of hydrogen-bond acceptors (Lipinski definition) is 2. The summed E-state index contributed by atoms with van der Waals surface area (Å²) in [6, 6.07) is 18.7. The summed E-state index contributed by atoms with van der Waals surface area (Å²) in [6.45, 7) is 7.29. The third-order valence-corrected chi connectivity index (χ3v) is 3.28. The van der Waals surface area contributed by atoms with Gasteiger partial charge in [0.2, 0.25) is 0 Å². The molecule has 0 radical (unpaired) electrons. The van der Waals surface area contributed by atoms with Gasteiger partial charge in [0.15, 0.2) is 0 Å². The molecule has 0 aliphatic rings. The van der Waals surface area contributed by atoms with E-state index in [0.29, 0.717) is 5.92 Å². The second kappa shape index (κ2) is 8.48. The highest BCUT2D eigenvalue weighted by Gasteiger charge is 1.98. The molecule has 0 saturated heterocycles. The molecule has 0 spiro atoms. The lowest BCUT2D eigenvalue weighted by molar-refractivity contribution is 0.307. The molecule has 2 nitrogen and oxygen atoms in total. The molecule has 0 unspecified atom stereocenters. The first kappa shape index (κ1) is 15.6. The zero-order valence-electron chi connectivity index (χ0n) is 13.0. The molecule has 0 heterocycles. The Morgan fingerprint density at radius 2 is 1.57 bits per heavy atom. The van der Waals surface area contributed by atoms with Crippen LogP contribution in [0.25, 0.3) is 11.1 Å². The monoisotopic (exact) mass is 283 g/mol. The van der Waals surface area contributed by atoms with Crippen molar-refractivity contribution in [3.8, 4) is 16.9 Å². The third kappa shape index (κ3) is 5.60. The highest BCUT2D eigenvalue weighted by molar-refractivity contribution is 5.63. The molecule has 0 aliphatic heterocycles. The Morgan fingerprint density at radius 3 is 2.24 bits per heavy atom. The Hall–Kier alpha value is -1.80. The van der Waals surface area contributed by atoms with Crippen molar-refractivity contribution in [2.75, 3.05) is 19.7 Å². The number of hydrogen-bond donors (Lipinski definition) is 1. The van der Waals surface area contributed by atoms with Gasteiger partial charge in [-0.25, -0.2) is 0 Å². The molecule has 0 aromatic heterocycles. The van der Waals surface area contributed by atoms with Crippen LogP contribution in [0.2, 0.25) is 0 Å². The van der Waals surface area contributed by atoms with Crippen molar-refractivity contribution in [1.82, 2.24) is 5.32 Å². The minimum absolute atomic E-state index is 0.705. The molecular formula is C19H25NO. The largest absolute Gasteiger partial charge is 0.494 e. The SMILES string of the molecule is CC(C)CNCCCOc1ccc(-c2ccccc2)cc1. The zero-order chi connectivity index (χ0) is 14.9. The molecule has 1 N–H and O–H groups in total. The third-order valence-electron chi connectivity index (χ3n) is 3.28. The van der Waals surface area contributed by atoms with Crippen LogP contribution in [0.4, 0.5) is 0 Å². The van der Waals surface area contributed by atoms with Crippen LogP contribution < -0.4 is 10.1 Å². The topological polar surface area (TPSA) is 21.3 Å². The van der Waals surface area contributed by atoms with Crippen molar-refractivity contribution in [1.29, 1.82) is 0 Å². The van der Waals surface area contributed by atoms with Crippen LogP contribution in [-0.2, 0) is 0 Å². The fourth-order valence-corrected chi connectivity index (χ4v) is 2.15. The van der Waals surface area contributed by atoms with E-state index in [4.69, 9.17) is 4.74 Å². The van der Waals surface area contributed by atoms with Gasteiger partial charge in [0, 0.05) is 0 Å². The highest BCUT2D eigenvalue weighted by atomic mass is 16.5. The smallest absolute Gasteiger partial charge is 0.119 e. The Balaban J connectivity index is 1.73. The summed E-state index contributed by atoms with van der Waals surface area (Å²) in [7, 11) is 0. The number of ether oxygens (including phenoxy) is 1. The van der Waals surface area contributed by atoms with Gasteiger partial charge in [0.1, 0.15) is 5.75 Å². The summed E-state index contributed by atoms with van der Waals surface area (Å²) in [4.78, 5) is 0. The normalized spacial score (nSPS) is 10.8. The first-order valence-corrected chi connectivity index (χ1v) is 7.74. The maximum Gasteiger partial charge on any atom is 0.119 e. The lowest BCUT2D eigenvalue weighted by atomic mass is 10.1. The lowest BCUT2D eigenvalue weighted by Crippen LogP contribution is -2.22. The number of nitrogens with one attached hydrogen (secondary N) is 1. The van der Waals surface area contributed by atoms with Gasteiger partial charge in [-0.1, -0.05) is 56.3 Å². The quantitative estimate of drug-likeness (QED) is 0.726. The maximum absolute atomic E-state index is 5.76. The maximum atomic E-state index is 5.76. The van der Waals surface area contributed by atoms with Crippen molar-refractivity contribution >= 4 is 0 Å². The number of rotatable bonds is 8. The van der Waals surface area contributed by atoms with Crippen LogP contribution in [0.3, 0.4) is 0 Å². The summed E-state index contributed by atoms with van der Waals surface area (Å²) in [5, 5.41) is 3.42. The Bertz CT molecular complexity index is 505. The molecule has 2 aromatic carbocycles. The van der Waals surface area contributed by atoms with Gasteiger partial charge in [-0.15, -0.1) is 0 Å². The van der Waals surface area contributed by atoms with Crippen LogP contribution in [0, 0.1) is 5.92 Å². The Kier molecular flexibility index (Phi) is 6.29. The second-order valence-corrected chi connectivity index (χ2v) is 5.69. The van der Waals surface area contributed by atoms with Crippen LogP contribution >= 0.6 is 0 Å². The average molecular weight is 283 g/mol. The van der Waals surface area contributed by atoms with Crippen LogP contribution in [-0.4, -0.2) is 19.7 Å². The van der Waals surface area contributed by atoms with E-state index in [9.17, 15) is 0 Å². The van der Waals surface area contributed by atoms with E-state index in [-0.39, 0.29) is 0 Å². The molecule has 0 atom stereocenters. The van der Waals surface area contributed by atoms with E-state index < -0.39 is 0 Å². The van der Waals surface area contributed by atoms with Gasteiger partial charge in [0.25, 0.3) is 0 Å². The molecule has 0 saturated carbocycles. The van der Waals surface area contributed by atoms with Crippen molar-refractivity contribution < 1.29 is 4.74 Å². The van der Waals surface area contributed by atoms with E-state index in [1.807, 2.05) is 18.2 Å². The van der Waals surface area contributed by atoms with Gasteiger partial charge >= 0.3 is 0 Å². The summed E-state index contributed by atoms with van der Waals surface area (Å²) in [6.07, 6.45) is 1.03. The first-order chi connectivity index (χ1) is 10.3. The fourth-order valence-electron chi connectivity index (χ4n) is 2.15. The molecule has 0 bridgehead atoms. The Labute approximate surface area is 128 Å². The molecule has 0 fully saturated rings. The summed E-state index contributed by atoms with van der Waals surface area (Å²) in [5.74, 6) is 1.65. The minimum Gasteiger partial charge on any atom is -0.494 e. The van der Waals surface area contributed by atoms with Gasteiger partial charge in [-0.3, -0.25) is 0 Å². The van der Waals surface area contributed by atoms with E-state index in [1.165, 1.54) is 11.1 Å². The summed E-state index contributed by atoms with van der Waals surface area (Å²) < 4.78 is 5.76. The highest BCUT2D eigenvalue weighted by Crippen LogP contribution is 2.21. The molecule has 112 valence electrons. The molecular weight excluding hydrogens is 258 g/mol. The standard InChI is InChI=1S/C19H25NO/c1-16(2)15-20-13-6-14-21-19-11-9-18(10-12-19)17-7-4-3-5-8-17/h3-5,7-12,16,20H,6,13-15H2,1-2H3. The zero-order valence-corrected chi connectivity index (χ0v) is 13.0. The number of benzene rings is 2. The lowest BCUT2D eigenvalue weighted by Gasteiger charge is -2.09. The predicted octanol–water partition coefficient (Wildman–Crippen LogP) is 4.37. The van der Waals surface area contributed by atoms with E-state index in [1.54, 1.807) is 0 Å². The van der Waals surface area contributed by atoms with E-state index in [0.717, 1.165) is 31.9 Å². The van der Waals surface area contributed by atoms with Crippen molar-refractivity contribution in [3.05, 3.63) is 54.6 Å². The molecule has 0 aliphatic carbocycles. The minimum atomic E-state index is 0.705. The summed E-state index contributed by atoms with van der Waals surface area (Å²) in [5.41, 5.74) is 2.46. The first-order valence-electron chi connectivity index (χ1n) is 7.74. The molecule has 2 aromatic rings. The Morgan fingerprint density at radius 1 is 0.905 bits per heavy atom. The molecule has 2 heteroatoms. The molecule has 21 heavy (non-hydrogen) atoms. The van der Waals surface area contributed by atoms with Gasteiger partial charge in [0.05, 0.1) is 6.61 Å². The van der Waals surface area contributed by atoms with Crippen LogP contribution in [0.1, 0.15) is 20.3 Å². The van der Waals surface area contributed by atoms with Gasteiger partial charge in [-0.2, -0.15) is 0 Å². The van der Waals surface area contributed by atoms with Gasteiger partial charge < -0.3 is 10.1 Å². The van der Waals surface area contributed by atoms with E-state index in [2.05, 4.69) is 55.6 Å².